The molecule has 0 unspecified atom stereocenters. The highest BCUT2D eigenvalue weighted by Crippen LogP contribution is 2.21. The van der Waals surface area contributed by atoms with Crippen LogP contribution in [-0.2, 0) is 0 Å². The van der Waals surface area contributed by atoms with Gasteiger partial charge in [-0.3, -0.25) is 10.1 Å². The SMILES string of the molecule is NCCC=Cc1ncc([N+](=O)[O-])s1. The normalized spacial score (nSPS) is 10.8. The first-order valence-corrected chi connectivity index (χ1v) is 4.52. The Morgan fingerprint density at radius 2 is 2.54 bits per heavy atom. The molecule has 1 heterocycles. The number of nitrogens with zero attached hydrogens (tertiary/aromatic N) is 2. The van der Waals surface area contributed by atoms with Gasteiger partial charge in [0.05, 0.1) is 4.92 Å². The summed E-state index contributed by atoms with van der Waals surface area (Å²) >= 11 is 1.05. The van der Waals surface area contributed by atoms with Crippen LogP contribution in [0.3, 0.4) is 0 Å². The third-order valence-corrected chi connectivity index (χ3v) is 2.20. The lowest BCUT2D eigenvalue weighted by molar-refractivity contribution is -0.380. The van der Waals surface area contributed by atoms with Gasteiger partial charge in [-0.05, 0) is 30.4 Å². The minimum atomic E-state index is -0.446. The number of nitro groups is 1. The van der Waals surface area contributed by atoms with Gasteiger partial charge in [0.15, 0.2) is 0 Å². The van der Waals surface area contributed by atoms with Gasteiger partial charge in [-0.15, -0.1) is 0 Å². The molecule has 0 aliphatic rings. The van der Waals surface area contributed by atoms with E-state index in [0.29, 0.717) is 11.6 Å². The molecule has 0 radical (unpaired) electrons. The first kappa shape index (κ1) is 9.82. The van der Waals surface area contributed by atoms with E-state index >= 15 is 0 Å². The van der Waals surface area contributed by atoms with Gasteiger partial charge in [-0.1, -0.05) is 6.08 Å². The van der Waals surface area contributed by atoms with E-state index in [1.54, 1.807) is 6.08 Å². The molecule has 0 aliphatic heterocycles. The lowest BCUT2D eigenvalue weighted by Crippen LogP contribution is -1.94. The van der Waals surface area contributed by atoms with Crippen molar-refractivity contribution in [3.05, 3.63) is 27.4 Å². The monoisotopic (exact) mass is 199 g/mol. The van der Waals surface area contributed by atoms with E-state index in [-0.39, 0.29) is 5.00 Å². The molecule has 0 amide bonds. The van der Waals surface area contributed by atoms with Crippen molar-refractivity contribution in [3.63, 3.8) is 0 Å². The Morgan fingerprint density at radius 1 is 1.77 bits per heavy atom. The lowest BCUT2D eigenvalue weighted by atomic mass is 10.4. The molecule has 0 saturated carbocycles. The molecule has 70 valence electrons. The highest BCUT2D eigenvalue weighted by atomic mass is 32.1. The van der Waals surface area contributed by atoms with Crippen LogP contribution >= 0.6 is 11.3 Å². The van der Waals surface area contributed by atoms with Crippen molar-refractivity contribution < 1.29 is 4.92 Å². The topological polar surface area (TPSA) is 82.0 Å². The number of aromatic nitrogens is 1. The maximum Gasteiger partial charge on any atom is 0.344 e. The summed E-state index contributed by atoms with van der Waals surface area (Å²) in [4.78, 5) is 13.7. The van der Waals surface area contributed by atoms with E-state index in [1.165, 1.54) is 6.20 Å². The smallest absolute Gasteiger partial charge is 0.330 e. The lowest BCUT2D eigenvalue weighted by Gasteiger charge is -1.82. The van der Waals surface area contributed by atoms with Crippen LogP contribution in [0, 0.1) is 10.1 Å². The van der Waals surface area contributed by atoms with Crippen LogP contribution in [0.4, 0.5) is 5.00 Å². The third kappa shape index (κ3) is 2.92. The van der Waals surface area contributed by atoms with Crippen LogP contribution in [0.15, 0.2) is 12.3 Å². The molecule has 0 bridgehead atoms. The van der Waals surface area contributed by atoms with Crippen LogP contribution in [0.1, 0.15) is 11.4 Å². The Kier molecular flexibility index (Phi) is 3.53. The molecular formula is C7H9N3O2S. The Hall–Kier alpha value is -1.27. The van der Waals surface area contributed by atoms with Gasteiger partial charge in [-0.25, -0.2) is 4.98 Å². The van der Waals surface area contributed by atoms with Gasteiger partial charge < -0.3 is 5.73 Å². The number of rotatable bonds is 4. The second-order valence-electron chi connectivity index (χ2n) is 2.27. The van der Waals surface area contributed by atoms with Crippen molar-refractivity contribution in [1.29, 1.82) is 0 Å². The van der Waals surface area contributed by atoms with Gasteiger partial charge in [0.1, 0.15) is 11.2 Å². The zero-order chi connectivity index (χ0) is 9.68. The predicted octanol–water partition coefficient (Wildman–Crippen LogP) is 1.41. The van der Waals surface area contributed by atoms with Crippen LogP contribution in [-0.4, -0.2) is 16.5 Å². The summed E-state index contributed by atoms with van der Waals surface area (Å²) in [7, 11) is 0. The molecule has 0 saturated heterocycles. The van der Waals surface area contributed by atoms with Gasteiger partial charge >= 0.3 is 5.00 Å². The van der Waals surface area contributed by atoms with E-state index in [0.717, 1.165) is 17.8 Å². The Labute approximate surface area is 79.1 Å². The first-order valence-electron chi connectivity index (χ1n) is 3.71. The minimum Gasteiger partial charge on any atom is -0.330 e. The Balaban J connectivity index is 2.64. The number of nitrogens with two attached hydrogens (primary N) is 1. The first-order chi connectivity index (χ1) is 6.24. The number of thiazole rings is 1. The molecule has 5 nitrogen and oxygen atoms in total. The molecule has 0 spiro atoms. The number of hydrogen-bond donors (Lipinski definition) is 1. The fraction of sp³-hybridized carbons (Fsp3) is 0.286. The van der Waals surface area contributed by atoms with Crippen LogP contribution in [0.2, 0.25) is 0 Å². The maximum absolute atomic E-state index is 10.3. The van der Waals surface area contributed by atoms with E-state index in [2.05, 4.69) is 4.98 Å². The van der Waals surface area contributed by atoms with Crippen LogP contribution in [0.5, 0.6) is 0 Å². The molecule has 1 aromatic rings. The van der Waals surface area contributed by atoms with Crippen molar-refractivity contribution in [2.45, 2.75) is 6.42 Å². The minimum absolute atomic E-state index is 0.0624. The van der Waals surface area contributed by atoms with Crippen molar-refractivity contribution in [2.24, 2.45) is 5.73 Å². The fourth-order valence-electron chi connectivity index (χ4n) is 0.721. The number of hydrogen-bond acceptors (Lipinski definition) is 5. The van der Waals surface area contributed by atoms with Crippen LogP contribution < -0.4 is 5.73 Å². The summed E-state index contributed by atoms with van der Waals surface area (Å²) in [5.74, 6) is 0. The largest absolute Gasteiger partial charge is 0.344 e. The predicted molar refractivity (Wildman–Crippen MR) is 51.5 cm³/mol. The molecule has 1 aromatic heterocycles. The van der Waals surface area contributed by atoms with Crippen molar-refractivity contribution in [1.82, 2.24) is 4.98 Å². The molecule has 2 N–H and O–H groups in total. The highest BCUT2D eigenvalue weighted by Gasteiger charge is 2.08. The average Bonchev–Trinajstić information content (AvgIpc) is 2.53. The van der Waals surface area contributed by atoms with Crippen LogP contribution in [0.25, 0.3) is 6.08 Å². The van der Waals surface area contributed by atoms with E-state index in [9.17, 15) is 10.1 Å². The molecule has 6 heteroatoms. The quantitative estimate of drug-likeness (QED) is 0.587. The van der Waals surface area contributed by atoms with Gasteiger partial charge in [-0.2, -0.15) is 0 Å². The summed E-state index contributed by atoms with van der Waals surface area (Å²) in [6.45, 7) is 0.573. The Morgan fingerprint density at radius 3 is 3.08 bits per heavy atom. The molecule has 0 fully saturated rings. The molecule has 0 aromatic carbocycles. The van der Waals surface area contributed by atoms with Crippen molar-refractivity contribution in [2.75, 3.05) is 6.54 Å². The Bertz CT molecular complexity index is 321. The zero-order valence-electron chi connectivity index (χ0n) is 6.84. The van der Waals surface area contributed by atoms with E-state index in [4.69, 9.17) is 5.73 Å². The van der Waals surface area contributed by atoms with E-state index in [1.807, 2.05) is 6.08 Å². The fourth-order valence-corrected chi connectivity index (χ4v) is 1.38. The summed E-state index contributed by atoms with van der Waals surface area (Å²) in [6, 6.07) is 0. The summed E-state index contributed by atoms with van der Waals surface area (Å²) in [5, 5.41) is 11.0. The summed E-state index contributed by atoms with van der Waals surface area (Å²) in [6.07, 6.45) is 5.60. The van der Waals surface area contributed by atoms with Gasteiger partial charge in [0.2, 0.25) is 0 Å². The summed E-state index contributed by atoms with van der Waals surface area (Å²) < 4.78 is 0. The molecular weight excluding hydrogens is 190 g/mol. The van der Waals surface area contributed by atoms with E-state index < -0.39 is 4.92 Å². The zero-order valence-corrected chi connectivity index (χ0v) is 7.66. The summed E-state index contributed by atoms with van der Waals surface area (Å²) in [5.41, 5.74) is 5.27. The molecule has 1 rings (SSSR count). The van der Waals surface area contributed by atoms with Gasteiger partial charge in [0, 0.05) is 0 Å². The average molecular weight is 199 g/mol. The molecule has 13 heavy (non-hydrogen) atoms. The van der Waals surface area contributed by atoms with Crippen molar-refractivity contribution in [3.8, 4) is 0 Å². The second kappa shape index (κ2) is 4.68. The maximum atomic E-state index is 10.3. The standard InChI is InChI=1S/C7H9N3O2S/c8-4-2-1-3-6-9-5-7(13-6)10(11)12/h1,3,5H,2,4,8H2. The highest BCUT2D eigenvalue weighted by molar-refractivity contribution is 7.15. The second-order valence-corrected chi connectivity index (χ2v) is 3.31. The van der Waals surface area contributed by atoms with Gasteiger partial charge in [0.25, 0.3) is 0 Å². The molecule has 0 atom stereocenters. The molecule has 0 aliphatic carbocycles. The van der Waals surface area contributed by atoms with Crippen molar-refractivity contribution >= 4 is 22.4 Å². The third-order valence-electron chi connectivity index (χ3n) is 1.29.